The van der Waals surface area contributed by atoms with E-state index in [1.54, 1.807) is 0 Å². The molecule has 2 N–H and O–H groups in total. The van der Waals surface area contributed by atoms with Crippen molar-refractivity contribution in [3.05, 3.63) is 64.2 Å². The maximum absolute atomic E-state index is 12.6. The van der Waals surface area contributed by atoms with Crippen LogP contribution in [0.4, 0.5) is 16.5 Å². The summed E-state index contributed by atoms with van der Waals surface area (Å²) < 4.78 is 11.5. The number of nitrogens with zero attached hydrogens (tertiary/aromatic N) is 2. The van der Waals surface area contributed by atoms with Crippen molar-refractivity contribution in [1.82, 2.24) is 10.3 Å². The summed E-state index contributed by atoms with van der Waals surface area (Å²) in [6, 6.07) is 15.0. The topological polar surface area (TPSA) is 75.7 Å². The molecular formula is C27H30N4O3S. The number of thiazole rings is 1. The van der Waals surface area contributed by atoms with E-state index in [9.17, 15) is 4.79 Å². The second-order valence-corrected chi connectivity index (χ2v) is 11.1. The summed E-state index contributed by atoms with van der Waals surface area (Å²) in [6.07, 6.45) is 2.55. The molecule has 0 spiro atoms. The molecule has 0 radical (unpaired) electrons. The fraction of sp³-hybridized carbons (Fsp3) is 0.407. The van der Waals surface area contributed by atoms with E-state index in [-0.39, 0.29) is 17.5 Å². The van der Waals surface area contributed by atoms with Crippen molar-refractivity contribution in [2.24, 2.45) is 0 Å². The van der Waals surface area contributed by atoms with Gasteiger partial charge < -0.3 is 25.0 Å². The normalized spacial score (nSPS) is 20.6. The zero-order chi connectivity index (χ0) is 24.0. The Bertz CT molecular complexity index is 1270. The van der Waals surface area contributed by atoms with Gasteiger partial charge >= 0.3 is 0 Å². The van der Waals surface area contributed by atoms with E-state index in [2.05, 4.69) is 51.9 Å². The number of anilines is 3. The summed E-state index contributed by atoms with van der Waals surface area (Å²) in [5, 5.41) is 7.56. The standard InChI is InChI=1S/C27H30N4O3S/c1-27(2)15-22-24(25(32)30-27)35-26(29-22)31-9-11-33-16-21(31)13-17-4-3-5-19(12-17)28-20-6-7-23-18(14-20)8-10-34-23/h3-7,12,14,21,28H,8-11,13,15-16H2,1-2H3,(H,30,32). The first-order chi connectivity index (χ1) is 16.9. The van der Waals surface area contributed by atoms with Crippen molar-refractivity contribution in [2.45, 2.75) is 44.7 Å². The number of fused-ring (bicyclic) bond motifs is 2. The van der Waals surface area contributed by atoms with Crippen LogP contribution in [0, 0.1) is 0 Å². The van der Waals surface area contributed by atoms with Crippen molar-refractivity contribution in [3.8, 4) is 5.75 Å². The Labute approximate surface area is 209 Å². The van der Waals surface area contributed by atoms with Gasteiger partial charge in [-0.05, 0) is 61.7 Å². The number of benzene rings is 2. The number of ether oxygens (including phenoxy) is 2. The van der Waals surface area contributed by atoms with Crippen molar-refractivity contribution >= 4 is 33.8 Å². The quantitative estimate of drug-likeness (QED) is 0.554. The molecule has 1 amide bonds. The van der Waals surface area contributed by atoms with E-state index in [0.717, 1.165) is 65.2 Å². The van der Waals surface area contributed by atoms with Crippen LogP contribution in [0.3, 0.4) is 0 Å². The molecule has 8 heteroatoms. The SMILES string of the molecule is CC1(C)Cc2nc(N3CCOCC3Cc3cccc(Nc4ccc5c(c4)CCO5)c3)sc2C(=O)N1. The maximum Gasteiger partial charge on any atom is 0.263 e. The predicted molar refractivity (Wildman–Crippen MR) is 138 cm³/mol. The van der Waals surface area contributed by atoms with E-state index in [4.69, 9.17) is 14.5 Å². The Morgan fingerprint density at radius 3 is 3.00 bits per heavy atom. The Balaban J connectivity index is 1.20. The van der Waals surface area contributed by atoms with Gasteiger partial charge in [-0.15, -0.1) is 0 Å². The smallest absolute Gasteiger partial charge is 0.263 e. The largest absolute Gasteiger partial charge is 0.493 e. The molecule has 35 heavy (non-hydrogen) atoms. The summed E-state index contributed by atoms with van der Waals surface area (Å²) in [5.74, 6) is 0.980. The van der Waals surface area contributed by atoms with Crippen LogP contribution in [0.15, 0.2) is 42.5 Å². The molecule has 1 atom stereocenters. The molecule has 6 rings (SSSR count). The fourth-order valence-electron chi connectivity index (χ4n) is 5.14. The van der Waals surface area contributed by atoms with Crippen LogP contribution in [0.1, 0.15) is 40.3 Å². The second kappa shape index (κ2) is 8.84. The summed E-state index contributed by atoms with van der Waals surface area (Å²) in [7, 11) is 0. The molecule has 0 bridgehead atoms. The Morgan fingerprint density at radius 2 is 2.09 bits per heavy atom. The first kappa shape index (κ1) is 22.4. The highest BCUT2D eigenvalue weighted by Gasteiger charge is 2.35. The van der Waals surface area contributed by atoms with E-state index in [1.165, 1.54) is 22.5 Å². The van der Waals surface area contributed by atoms with Gasteiger partial charge in [-0.3, -0.25) is 4.79 Å². The molecule has 182 valence electrons. The lowest BCUT2D eigenvalue weighted by Gasteiger charge is -2.35. The first-order valence-electron chi connectivity index (χ1n) is 12.2. The van der Waals surface area contributed by atoms with Crippen LogP contribution in [0.5, 0.6) is 5.75 Å². The summed E-state index contributed by atoms with van der Waals surface area (Å²) in [4.78, 5) is 20.6. The van der Waals surface area contributed by atoms with Crippen LogP contribution < -0.4 is 20.3 Å². The summed E-state index contributed by atoms with van der Waals surface area (Å²) in [5.41, 5.74) is 5.27. The summed E-state index contributed by atoms with van der Waals surface area (Å²) in [6.45, 7) is 6.94. The lowest BCUT2D eigenvalue weighted by atomic mass is 9.94. The van der Waals surface area contributed by atoms with Gasteiger partial charge in [0, 0.05) is 36.3 Å². The Morgan fingerprint density at radius 1 is 1.20 bits per heavy atom. The molecule has 1 aromatic heterocycles. The van der Waals surface area contributed by atoms with Gasteiger partial charge in [0.15, 0.2) is 5.13 Å². The molecule has 2 aromatic carbocycles. The zero-order valence-electron chi connectivity index (χ0n) is 20.1. The molecule has 3 aromatic rings. The molecule has 4 heterocycles. The van der Waals surface area contributed by atoms with Gasteiger partial charge in [-0.1, -0.05) is 23.5 Å². The van der Waals surface area contributed by atoms with Crippen molar-refractivity contribution in [1.29, 1.82) is 0 Å². The molecule has 3 aliphatic rings. The van der Waals surface area contributed by atoms with Gasteiger partial charge in [-0.25, -0.2) is 4.98 Å². The number of carbonyl (C=O) groups is 1. The van der Waals surface area contributed by atoms with Gasteiger partial charge in [0.25, 0.3) is 5.91 Å². The third kappa shape index (κ3) is 4.60. The van der Waals surface area contributed by atoms with Crippen LogP contribution in [0.25, 0.3) is 0 Å². The lowest BCUT2D eigenvalue weighted by molar-refractivity contribution is 0.0900. The van der Waals surface area contributed by atoms with Gasteiger partial charge in [0.2, 0.25) is 0 Å². The van der Waals surface area contributed by atoms with E-state index < -0.39 is 0 Å². The molecule has 0 aliphatic carbocycles. The fourth-order valence-corrected chi connectivity index (χ4v) is 6.22. The third-order valence-corrected chi connectivity index (χ3v) is 7.94. The highest BCUT2D eigenvalue weighted by atomic mass is 32.1. The van der Waals surface area contributed by atoms with E-state index in [0.29, 0.717) is 13.2 Å². The average Bonchev–Trinajstić information content (AvgIpc) is 3.46. The Kier molecular flexibility index (Phi) is 5.65. The highest BCUT2D eigenvalue weighted by molar-refractivity contribution is 7.17. The minimum absolute atomic E-state index is 0.0123. The molecule has 3 aliphatic heterocycles. The predicted octanol–water partition coefficient (Wildman–Crippen LogP) is 4.33. The van der Waals surface area contributed by atoms with Crippen molar-refractivity contribution in [3.63, 3.8) is 0 Å². The molecule has 1 fully saturated rings. The van der Waals surface area contributed by atoms with Crippen LogP contribution in [-0.4, -0.2) is 48.8 Å². The minimum atomic E-state index is -0.265. The van der Waals surface area contributed by atoms with Crippen LogP contribution >= 0.6 is 11.3 Å². The van der Waals surface area contributed by atoms with Crippen molar-refractivity contribution < 1.29 is 14.3 Å². The maximum atomic E-state index is 12.6. The molecule has 1 saturated heterocycles. The molecule has 7 nitrogen and oxygen atoms in total. The number of morpholine rings is 1. The molecular weight excluding hydrogens is 460 g/mol. The molecule has 0 saturated carbocycles. The van der Waals surface area contributed by atoms with E-state index >= 15 is 0 Å². The van der Waals surface area contributed by atoms with Crippen LogP contribution in [-0.2, 0) is 24.0 Å². The lowest BCUT2D eigenvalue weighted by Crippen LogP contribution is -2.48. The monoisotopic (exact) mass is 490 g/mol. The third-order valence-electron chi connectivity index (χ3n) is 6.80. The number of carbonyl (C=O) groups excluding carboxylic acids is 1. The van der Waals surface area contributed by atoms with Crippen LogP contribution in [0.2, 0.25) is 0 Å². The number of aromatic nitrogens is 1. The number of hydrogen-bond donors (Lipinski definition) is 2. The number of amides is 1. The Hall–Kier alpha value is -3.10. The molecule has 1 unspecified atom stereocenters. The average molecular weight is 491 g/mol. The summed E-state index contributed by atoms with van der Waals surface area (Å²) >= 11 is 1.50. The van der Waals surface area contributed by atoms with Gasteiger partial charge in [0.1, 0.15) is 10.6 Å². The van der Waals surface area contributed by atoms with Gasteiger partial charge in [-0.2, -0.15) is 0 Å². The van der Waals surface area contributed by atoms with Crippen molar-refractivity contribution in [2.75, 3.05) is 36.6 Å². The number of rotatable bonds is 5. The number of nitrogens with one attached hydrogen (secondary N) is 2. The highest BCUT2D eigenvalue weighted by Crippen LogP contribution is 2.34. The van der Waals surface area contributed by atoms with Gasteiger partial charge in [0.05, 0.1) is 31.6 Å². The number of hydrogen-bond acceptors (Lipinski definition) is 7. The second-order valence-electron chi connectivity index (χ2n) is 10.2. The zero-order valence-corrected chi connectivity index (χ0v) is 20.9. The minimum Gasteiger partial charge on any atom is -0.493 e. The first-order valence-corrected chi connectivity index (χ1v) is 13.0. The van der Waals surface area contributed by atoms with E-state index in [1.807, 2.05) is 19.9 Å².